The van der Waals surface area contributed by atoms with Crippen molar-refractivity contribution < 1.29 is 23.5 Å². The zero-order chi connectivity index (χ0) is 21.8. The lowest BCUT2D eigenvalue weighted by molar-refractivity contribution is -0.0310. The van der Waals surface area contributed by atoms with Crippen LogP contribution in [-0.2, 0) is 15.9 Å². The summed E-state index contributed by atoms with van der Waals surface area (Å²) in [6, 6.07) is 13.2. The molecule has 1 atom stereocenters. The van der Waals surface area contributed by atoms with Crippen molar-refractivity contribution in [3.8, 4) is 0 Å². The van der Waals surface area contributed by atoms with Gasteiger partial charge in [0, 0.05) is 13.1 Å². The highest BCUT2D eigenvalue weighted by Crippen LogP contribution is 2.30. The van der Waals surface area contributed by atoms with Gasteiger partial charge >= 0.3 is 12.1 Å². The highest BCUT2D eigenvalue weighted by molar-refractivity contribution is 5.89. The molecule has 0 spiro atoms. The highest BCUT2D eigenvalue weighted by atomic mass is 19.1. The summed E-state index contributed by atoms with van der Waals surface area (Å²) in [5.41, 5.74) is 1.59. The number of carbonyl (C=O) groups is 2. The standard InChI is InChI=1S/C24H27FN2O4/c1-30-23(28)19-8-6-17(7-9-19)10-15-27(21-5-3-2-4-20(21)25)24(29)31-22-16-26-13-11-18(22)12-14-26/h2-9,18,22H,10-16H2,1H3/t22-/m0/s1. The summed E-state index contributed by atoms with van der Waals surface area (Å²) in [6.07, 6.45) is 1.89. The minimum atomic E-state index is -0.518. The molecule has 3 heterocycles. The molecule has 5 rings (SSSR count). The number of piperidine rings is 3. The normalized spacial score (nSPS) is 22.1. The van der Waals surface area contributed by atoms with Gasteiger partial charge in [-0.05, 0) is 68.1 Å². The molecule has 7 heteroatoms. The Bertz CT molecular complexity index is 925. The van der Waals surface area contributed by atoms with E-state index in [1.54, 1.807) is 30.3 Å². The summed E-state index contributed by atoms with van der Waals surface area (Å²) >= 11 is 0. The number of ether oxygens (including phenoxy) is 2. The van der Waals surface area contributed by atoms with Crippen LogP contribution in [0.25, 0.3) is 0 Å². The van der Waals surface area contributed by atoms with Gasteiger partial charge in [0.15, 0.2) is 0 Å². The molecular formula is C24H27FN2O4. The fraction of sp³-hybridized carbons (Fsp3) is 0.417. The number of amides is 1. The minimum Gasteiger partial charge on any atom is -0.465 e. The number of hydrogen-bond acceptors (Lipinski definition) is 5. The average molecular weight is 426 g/mol. The van der Waals surface area contributed by atoms with Gasteiger partial charge in [0.2, 0.25) is 0 Å². The van der Waals surface area contributed by atoms with Gasteiger partial charge in [-0.2, -0.15) is 0 Å². The van der Waals surface area contributed by atoms with Crippen molar-refractivity contribution in [2.75, 3.05) is 38.2 Å². The van der Waals surface area contributed by atoms with E-state index in [0.717, 1.165) is 38.0 Å². The second kappa shape index (κ2) is 9.47. The van der Waals surface area contributed by atoms with Crippen LogP contribution in [0.15, 0.2) is 48.5 Å². The molecule has 3 fully saturated rings. The van der Waals surface area contributed by atoms with Crippen LogP contribution in [0.4, 0.5) is 14.9 Å². The van der Waals surface area contributed by atoms with Crippen LogP contribution >= 0.6 is 0 Å². The second-order valence-corrected chi connectivity index (χ2v) is 8.10. The molecule has 0 saturated carbocycles. The van der Waals surface area contributed by atoms with Gasteiger partial charge in [-0.3, -0.25) is 9.80 Å². The number of anilines is 1. The van der Waals surface area contributed by atoms with E-state index < -0.39 is 17.9 Å². The third kappa shape index (κ3) is 4.88. The number of esters is 1. The molecule has 2 bridgehead atoms. The van der Waals surface area contributed by atoms with Gasteiger partial charge in [-0.25, -0.2) is 14.0 Å². The monoisotopic (exact) mass is 426 g/mol. The number of benzene rings is 2. The highest BCUT2D eigenvalue weighted by Gasteiger charge is 2.37. The maximum absolute atomic E-state index is 14.5. The van der Waals surface area contributed by atoms with E-state index in [-0.39, 0.29) is 18.3 Å². The van der Waals surface area contributed by atoms with Gasteiger partial charge in [0.1, 0.15) is 11.9 Å². The molecule has 0 radical (unpaired) electrons. The molecule has 31 heavy (non-hydrogen) atoms. The van der Waals surface area contributed by atoms with Crippen molar-refractivity contribution >= 4 is 17.7 Å². The summed E-state index contributed by atoms with van der Waals surface area (Å²) < 4.78 is 25.1. The van der Waals surface area contributed by atoms with E-state index >= 15 is 0 Å². The van der Waals surface area contributed by atoms with Crippen molar-refractivity contribution in [2.45, 2.75) is 25.4 Å². The minimum absolute atomic E-state index is 0.149. The molecule has 0 unspecified atom stereocenters. The summed E-state index contributed by atoms with van der Waals surface area (Å²) in [6.45, 7) is 3.11. The molecule has 3 aliphatic heterocycles. The number of rotatable bonds is 6. The predicted octanol–water partition coefficient (Wildman–Crippen LogP) is 3.89. The number of hydrogen-bond donors (Lipinski definition) is 0. The van der Waals surface area contributed by atoms with E-state index in [1.807, 2.05) is 12.1 Å². The Hall–Kier alpha value is -2.93. The first-order valence-corrected chi connectivity index (χ1v) is 10.7. The number of para-hydroxylation sites is 1. The van der Waals surface area contributed by atoms with Crippen molar-refractivity contribution in [1.82, 2.24) is 4.90 Å². The van der Waals surface area contributed by atoms with Crippen molar-refractivity contribution in [2.24, 2.45) is 5.92 Å². The van der Waals surface area contributed by atoms with Crippen molar-refractivity contribution in [3.63, 3.8) is 0 Å². The molecule has 3 saturated heterocycles. The first kappa shape index (κ1) is 21.3. The summed E-state index contributed by atoms with van der Waals surface area (Å²) in [5.74, 6) is -0.489. The first-order valence-electron chi connectivity index (χ1n) is 10.7. The van der Waals surface area contributed by atoms with Crippen LogP contribution in [-0.4, -0.2) is 56.4 Å². The van der Waals surface area contributed by atoms with Gasteiger partial charge in [-0.15, -0.1) is 0 Å². The summed E-state index contributed by atoms with van der Waals surface area (Å²) in [5, 5.41) is 0. The number of carbonyl (C=O) groups excluding carboxylic acids is 2. The van der Waals surface area contributed by atoms with E-state index in [9.17, 15) is 14.0 Å². The average Bonchev–Trinajstić information content (AvgIpc) is 2.81. The Balaban J connectivity index is 1.47. The van der Waals surface area contributed by atoms with Crippen LogP contribution in [0.5, 0.6) is 0 Å². The number of methoxy groups -OCH3 is 1. The molecular weight excluding hydrogens is 399 g/mol. The topological polar surface area (TPSA) is 59.1 Å². The number of nitrogens with zero attached hydrogens (tertiary/aromatic N) is 2. The Kier molecular flexibility index (Phi) is 6.51. The summed E-state index contributed by atoms with van der Waals surface area (Å²) in [4.78, 5) is 28.4. The summed E-state index contributed by atoms with van der Waals surface area (Å²) in [7, 11) is 1.34. The quantitative estimate of drug-likeness (QED) is 0.656. The predicted molar refractivity (Wildman–Crippen MR) is 115 cm³/mol. The van der Waals surface area contributed by atoms with E-state index in [4.69, 9.17) is 9.47 Å². The molecule has 0 aromatic heterocycles. The van der Waals surface area contributed by atoms with Crippen LogP contribution in [0.3, 0.4) is 0 Å². The van der Waals surface area contributed by atoms with Crippen molar-refractivity contribution in [3.05, 3.63) is 65.5 Å². The van der Waals surface area contributed by atoms with E-state index in [2.05, 4.69) is 4.90 Å². The fourth-order valence-electron chi connectivity index (χ4n) is 4.38. The molecule has 6 nitrogen and oxygen atoms in total. The SMILES string of the molecule is COC(=O)c1ccc(CCN(C(=O)O[C@H]2CN3CCC2CC3)c2ccccc2F)cc1. The lowest BCUT2D eigenvalue weighted by Gasteiger charge is -2.44. The Morgan fingerprint density at radius 2 is 1.81 bits per heavy atom. The molecule has 1 amide bonds. The molecule has 3 aliphatic rings. The van der Waals surface area contributed by atoms with Gasteiger partial charge < -0.3 is 9.47 Å². The smallest absolute Gasteiger partial charge is 0.414 e. The third-order valence-corrected chi connectivity index (χ3v) is 6.21. The zero-order valence-corrected chi connectivity index (χ0v) is 17.6. The molecule has 2 aromatic rings. The first-order chi connectivity index (χ1) is 15.0. The van der Waals surface area contributed by atoms with Gasteiger partial charge in [0.05, 0.1) is 18.4 Å². The van der Waals surface area contributed by atoms with E-state index in [0.29, 0.717) is 17.9 Å². The van der Waals surface area contributed by atoms with E-state index in [1.165, 1.54) is 18.1 Å². The van der Waals surface area contributed by atoms with Crippen LogP contribution in [0, 0.1) is 11.7 Å². The van der Waals surface area contributed by atoms with Crippen LogP contribution in [0.2, 0.25) is 0 Å². The third-order valence-electron chi connectivity index (χ3n) is 6.21. The lowest BCUT2D eigenvalue weighted by atomic mass is 9.86. The molecule has 164 valence electrons. The lowest BCUT2D eigenvalue weighted by Crippen LogP contribution is -2.53. The zero-order valence-electron chi connectivity index (χ0n) is 17.6. The molecule has 0 aliphatic carbocycles. The second-order valence-electron chi connectivity index (χ2n) is 8.10. The van der Waals surface area contributed by atoms with Crippen LogP contribution in [0.1, 0.15) is 28.8 Å². The van der Waals surface area contributed by atoms with Crippen LogP contribution < -0.4 is 4.90 Å². The largest absolute Gasteiger partial charge is 0.465 e. The molecule has 0 N–H and O–H groups in total. The fourth-order valence-corrected chi connectivity index (χ4v) is 4.38. The molecule has 2 aromatic carbocycles. The number of fused-ring (bicyclic) bond motifs is 3. The Labute approximate surface area is 181 Å². The van der Waals surface area contributed by atoms with Gasteiger partial charge in [-0.1, -0.05) is 24.3 Å². The Morgan fingerprint density at radius 3 is 2.42 bits per heavy atom. The number of halogens is 1. The van der Waals surface area contributed by atoms with Crippen molar-refractivity contribution in [1.29, 1.82) is 0 Å². The van der Waals surface area contributed by atoms with Gasteiger partial charge in [0.25, 0.3) is 0 Å². The Morgan fingerprint density at radius 1 is 1.10 bits per heavy atom. The maximum Gasteiger partial charge on any atom is 0.414 e. The maximum atomic E-state index is 14.5.